The third-order valence-electron chi connectivity index (χ3n) is 2.50. The monoisotopic (exact) mass is 295 g/mol. The van der Waals surface area contributed by atoms with E-state index in [2.05, 4.69) is 11.3 Å². The average molecular weight is 295 g/mol. The summed E-state index contributed by atoms with van der Waals surface area (Å²) < 4.78 is 7.95. The highest BCUT2D eigenvalue weighted by Crippen LogP contribution is 2.39. The molecule has 112 valence electrons. The zero-order valence-corrected chi connectivity index (χ0v) is 13.6. The van der Waals surface area contributed by atoms with E-state index in [1.165, 1.54) is 0 Å². The van der Waals surface area contributed by atoms with Crippen LogP contribution in [-0.4, -0.2) is 5.91 Å². The van der Waals surface area contributed by atoms with Gasteiger partial charge in [-0.3, -0.25) is 9.52 Å². The maximum atomic E-state index is 11.5. The SMILES string of the molecule is C=C[C@@H]1C[C@@H]1C(=O)NSOc1ccccc1.CC.CC. The van der Waals surface area contributed by atoms with Gasteiger partial charge in [0.25, 0.3) is 0 Å². The van der Waals surface area contributed by atoms with Gasteiger partial charge in [0.2, 0.25) is 5.91 Å². The first-order chi connectivity index (χ1) is 9.81. The van der Waals surface area contributed by atoms with Gasteiger partial charge in [-0.2, -0.15) is 0 Å². The maximum absolute atomic E-state index is 11.5. The number of allylic oxidation sites excluding steroid dienone is 1. The highest BCUT2D eigenvalue weighted by molar-refractivity contribution is 7.93. The predicted molar refractivity (Wildman–Crippen MR) is 87.3 cm³/mol. The van der Waals surface area contributed by atoms with E-state index >= 15 is 0 Å². The third-order valence-corrected chi connectivity index (χ3v) is 3.06. The number of amides is 1. The number of hydrogen-bond donors (Lipinski definition) is 1. The lowest BCUT2D eigenvalue weighted by molar-refractivity contribution is -0.120. The summed E-state index contributed by atoms with van der Waals surface area (Å²) in [5.41, 5.74) is 0. The topological polar surface area (TPSA) is 38.3 Å². The molecule has 0 aromatic heterocycles. The van der Waals surface area contributed by atoms with Gasteiger partial charge >= 0.3 is 0 Å². The molecule has 0 radical (unpaired) electrons. The fraction of sp³-hybridized carbons (Fsp3) is 0.438. The van der Waals surface area contributed by atoms with E-state index in [9.17, 15) is 4.79 Å². The number of rotatable bonds is 5. The van der Waals surface area contributed by atoms with Crippen molar-refractivity contribution in [2.75, 3.05) is 0 Å². The molecule has 1 aliphatic carbocycles. The minimum absolute atomic E-state index is 0.0193. The normalized spacial score (nSPS) is 18.4. The van der Waals surface area contributed by atoms with Crippen LogP contribution in [0.3, 0.4) is 0 Å². The zero-order chi connectivity index (χ0) is 15.4. The molecule has 1 amide bonds. The third kappa shape index (κ3) is 6.66. The van der Waals surface area contributed by atoms with Crippen LogP contribution in [0.4, 0.5) is 0 Å². The van der Waals surface area contributed by atoms with Crippen LogP contribution in [-0.2, 0) is 4.79 Å². The molecule has 1 aliphatic rings. The van der Waals surface area contributed by atoms with Gasteiger partial charge in [-0.25, -0.2) is 0 Å². The van der Waals surface area contributed by atoms with Gasteiger partial charge < -0.3 is 4.18 Å². The highest BCUT2D eigenvalue weighted by atomic mass is 32.2. The first-order valence-corrected chi connectivity index (χ1v) is 7.86. The summed E-state index contributed by atoms with van der Waals surface area (Å²) in [4.78, 5) is 11.5. The molecule has 2 atom stereocenters. The molecule has 1 fully saturated rings. The van der Waals surface area contributed by atoms with Crippen LogP contribution in [0.15, 0.2) is 43.0 Å². The molecule has 2 rings (SSSR count). The molecule has 4 heteroatoms. The van der Waals surface area contributed by atoms with Gasteiger partial charge in [-0.1, -0.05) is 52.0 Å². The van der Waals surface area contributed by atoms with Crippen LogP contribution >= 0.6 is 12.2 Å². The molecule has 20 heavy (non-hydrogen) atoms. The van der Waals surface area contributed by atoms with Crippen LogP contribution in [0.2, 0.25) is 0 Å². The van der Waals surface area contributed by atoms with Crippen molar-refractivity contribution in [1.29, 1.82) is 0 Å². The van der Waals surface area contributed by atoms with Crippen molar-refractivity contribution in [3.05, 3.63) is 43.0 Å². The molecule has 0 heterocycles. The first-order valence-electron chi connectivity index (χ1n) is 7.12. The van der Waals surface area contributed by atoms with Crippen molar-refractivity contribution >= 4 is 18.1 Å². The van der Waals surface area contributed by atoms with E-state index in [1.54, 1.807) is 0 Å². The van der Waals surface area contributed by atoms with Gasteiger partial charge in [0.05, 0.1) is 0 Å². The van der Waals surface area contributed by atoms with Gasteiger partial charge in [0.15, 0.2) is 12.2 Å². The molecule has 3 nitrogen and oxygen atoms in total. The number of carbonyl (C=O) groups excluding carboxylic acids is 1. The van der Waals surface area contributed by atoms with Crippen molar-refractivity contribution in [3.8, 4) is 5.75 Å². The Bertz CT molecular complexity index is 381. The molecule has 0 spiro atoms. The quantitative estimate of drug-likeness (QED) is 0.489. The van der Waals surface area contributed by atoms with Crippen molar-refractivity contribution in [2.24, 2.45) is 11.8 Å². The molecule has 0 aliphatic heterocycles. The number of benzene rings is 1. The van der Waals surface area contributed by atoms with Crippen molar-refractivity contribution in [1.82, 2.24) is 4.72 Å². The minimum atomic E-state index is 0.0193. The smallest absolute Gasteiger partial charge is 0.236 e. The van der Waals surface area contributed by atoms with Crippen molar-refractivity contribution in [2.45, 2.75) is 34.1 Å². The van der Waals surface area contributed by atoms with Crippen LogP contribution in [0, 0.1) is 11.8 Å². The van der Waals surface area contributed by atoms with E-state index < -0.39 is 0 Å². The standard InChI is InChI=1S/C12H13NO2S.2C2H6/c1-2-9-8-11(9)12(14)13-16-15-10-6-4-3-5-7-10;2*1-2/h2-7,9,11H,1,8H2,(H,13,14);2*1-2H3/t9-,11+;;/m1../s1. The fourth-order valence-corrected chi connectivity index (χ4v) is 1.92. The number of nitrogens with one attached hydrogen (secondary N) is 1. The molecule has 0 bridgehead atoms. The summed E-state index contributed by atoms with van der Waals surface area (Å²) in [6, 6.07) is 9.35. The summed E-state index contributed by atoms with van der Waals surface area (Å²) in [5, 5.41) is 0. The lowest BCUT2D eigenvalue weighted by Gasteiger charge is -2.04. The van der Waals surface area contributed by atoms with Crippen molar-refractivity contribution in [3.63, 3.8) is 0 Å². The maximum Gasteiger partial charge on any atom is 0.236 e. The van der Waals surface area contributed by atoms with Crippen LogP contribution in [0.1, 0.15) is 34.1 Å². The second-order valence-corrected chi connectivity index (χ2v) is 4.23. The van der Waals surface area contributed by atoms with E-state index in [0.29, 0.717) is 5.92 Å². The van der Waals surface area contributed by atoms with Crippen LogP contribution in [0.5, 0.6) is 5.75 Å². The largest absolute Gasteiger partial charge is 0.405 e. The van der Waals surface area contributed by atoms with Crippen molar-refractivity contribution < 1.29 is 8.98 Å². The predicted octanol–water partition coefficient (Wildman–Crippen LogP) is 4.62. The Labute approximate surface area is 127 Å². The minimum Gasteiger partial charge on any atom is -0.405 e. The van der Waals surface area contributed by atoms with Gasteiger partial charge in [0.1, 0.15) is 5.75 Å². The van der Waals surface area contributed by atoms with Gasteiger partial charge in [-0.15, -0.1) is 6.58 Å². The Hall–Kier alpha value is -1.42. The van der Waals surface area contributed by atoms with E-state index in [-0.39, 0.29) is 11.8 Å². The lowest BCUT2D eigenvalue weighted by Crippen LogP contribution is -2.19. The molecule has 1 aromatic rings. The summed E-state index contributed by atoms with van der Waals surface area (Å²) in [6.07, 6.45) is 2.73. The summed E-state index contributed by atoms with van der Waals surface area (Å²) >= 11 is 0.961. The molecule has 1 aromatic carbocycles. The number of para-hydroxylation sites is 1. The Morgan fingerprint density at radius 2 is 1.90 bits per heavy atom. The Kier molecular flexibility index (Phi) is 10.6. The summed E-state index contributed by atoms with van der Waals surface area (Å²) in [7, 11) is 0. The van der Waals surface area contributed by atoms with E-state index in [1.807, 2.05) is 64.1 Å². The average Bonchev–Trinajstić information content (AvgIpc) is 3.32. The molecular weight excluding hydrogens is 270 g/mol. The summed E-state index contributed by atoms with van der Waals surface area (Å²) in [6.45, 7) is 11.7. The lowest BCUT2D eigenvalue weighted by atomic mass is 10.3. The summed E-state index contributed by atoms with van der Waals surface area (Å²) in [5.74, 6) is 1.18. The van der Waals surface area contributed by atoms with E-state index in [4.69, 9.17) is 4.18 Å². The molecule has 1 N–H and O–H groups in total. The first kappa shape index (κ1) is 18.6. The molecular formula is C16H25NO2S. The fourth-order valence-electron chi connectivity index (χ4n) is 1.44. The molecule has 1 saturated carbocycles. The van der Waals surface area contributed by atoms with Crippen LogP contribution < -0.4 is 8.91 Å². The zero-order valence-electron chi connectivity index (χ0n) is 12.8. The van der Waals surface area contributed by atoms with Gasteiger partial charge in [-0.05, 0) is 24.5 Å². The highest BCUT2D eigenvalue weighted by Gasteiger charge is 2.40. The number of hydrogen-bond acceptors (Lipinski definition) is 3. The number of carbonyl (C=O) groups is 1. The Balaban J connectivity index is 0.000000829. The van der Waals surface area contributed by atoms with E-state index in [0.717, 1.165) is 24.4 Å². The second-order valence-electron chi connectivity index (χ2n) is 3.69. The Morgan fingerprint density at radius 1 is 1.30 bits per heavy atom. The Morgan fingerprint density at radius 3 is 2.40 bits per heavy atom. The molecule has 0 saturated heterocycles. The van der Waals surface area contributed by atoms with Gasteiger partial charge in [0, 0.05) is 5.92 Å². The van der Waals surface area contributed by atoms with Crippen LogP contribution in [0.25, 0.3) is 0 Å². The second kappa shape index (κ2) is 11.4. The molecule has 0 unspecified atom stereocenters.